The summed E-state index contributed by atoms with van der Waals surface area (Å²) in [6, 6.07) is 13.2. The van der Waals surface area contributed by atoms with Crippen molar-refractivity contribution in [2.75, 3.05) is 0 Å². The summed E-state index contributed by atoms with van der Waals surface area (Å²) in [5.41, 5.74) is 6.31. The summed E-state index contributed by atoms with van der Waals surface area (Å²) in [7, 11) is 0. The maximum Gasteiger partial charge on any atom is 0.308 e. The molecule has 3 N–H and O–H groups in total. The Kier molecular flexibility index (Phi) is 4.13. The summed E-state index contributed by atoms with van der Waals surface area (Å²) in [5, 5.41) is 7.60. The predicted octanol–water partition coefficient (Wildman–Crippen LogP) is 2.13. The number of amidine groups is 1. The van der Waals surface area contributed by atoms with Gasteiger partial charge in [0.1, 0.15) is 11.6 Å². The monoisotopic (exact) mass is 282 g/mol. The first-order chi connectivity index (χ1) is 10.0. The third-order valence-corrected chi connectivity index (χ3v) is 2.83. The number of nitrogens with one attached hydrogen (secondary N) is 1. The van der Waals surface area contributed by atoms with Crippen molar-refractivity contribution in [3.05, 3.63) is 65.2 Å². The van der Waals surface area contributed by atoms with E-state index < -0.39 is 5.97 Å². The Balaban J connectivity index is 2.61. The second-order valence-electron chi connectivity index (χ2n) is 4.38. The van der Waals surface area contributed by atoms with Gasteiger partial charge in [0.25, 0.3) is 0 Å². The van der Waals surface area contributed by atoms with E-state index >= 15 is 0 Å². The van der Waals surface area contributed by atoms with Crippen LogP contribution in [0.3, 0.4) is 0 Å². The molecule has 0 fully saturated rings. The number of hydrogen-bond acceptors (Lipinski definition) is 4. The molecule has 2 rings (SSSR count). The smallest absolute Gasteiger partial charge is 0.308 e. The molecule has 0 radical (unpaired) electrons. The van der Waals surface area contributed by atoms with Crippen LogP contribution in [0, 0.1) is 5.41 Å². The molecule has 5 heteroatoms. The van der Waals surface area contributed by atoms with Gasteiger partial charge >= 0.3 is 5.97 Å². The molecule has 0 bridgehead atoms. The van der Waals surface area contributed by atoms with Crippen molar-refractivity contribution in [1.29, 1.82) is 5.41 Å². The number of nitrogens with two attached hydrogens (primary N) is 1. The summed E-state index contributed by atoms with van der Waals surface area (Å²) in [6.45, 7) is 1.25. The summed E-state index contributed by atoms with van der Waals surface area (Å²) in [4.78, 5) is 23.8. The van der Waals surface area contributed by atoms with Gasteiger partial charge in [-0.05, 0) is 6.07 Å². The number of ether oxygens (including phenoxy) is 1. The predicted molar refractivity (Wildman–Crippen MR) is 78.6 cm³/mol. The van der Waals surface area contributed by atoms with Crippen molar-refractivity contribution in [1.82, 2.24) is 0 Å². The lowest BCUT2D eigenvalue weighted by atomic mass is 9.96. The van der Waals surface area contributed by atoms with Crippen molar-refractivity contribution in [2.24, 2.45) is 5.73 Å². The van der Waals surface area contributed by atoms with Gasteiger partial charge in [-0.15, -0.1) is 0 Å². The standard InChI is InChI=1S/C16H14N2O3/c1-10(19)21-13-9-5-8-12(16(17)18)14(13)15(20)11-6-3-2-4-7-11/h2-9H,1H3,(H3,17,18). The molecule has 0 aliphatic carbocycles. The summed E-state index contributed by atoms with van der Waals surface area (Å²) >= 11 is 0. The van der Waals surface area contributed by atoms with Gasteiger partial charge in [-0.2, -0.15) is 0 Å². The molecule has 0 aliphatic rings. The van der Waals surface area contributed by atoms with Gasteiger partial charge in [0, 0.05) is 18.1 Å². The van der Waals surface area contributed by atoms with Crippen LogP contribution in [0.25, 0.3) is 0 Å². The molecule has 0 amide bonds. The molecule has 2 aromatic rings. The number of nitrogen functional groups attached to an aromatic ring is 1. The van der Waals surface area contributed by atoms with Gasteiger partial charge in [-0.25, -0.2) is 0 Å². The third kappa shape index (κ3) is 3.14. The van der Waals surface area contributed by atoms with E-state index in [1.165, 1.54) is 13.0 Å². The van der Waals surface area contributed by atoms with Crippen LogP contribution in [-0.4, -0.2) is 17.6 Å². The Bertz CT molecular complexity index is 709. The number of esters is 1. The maximum absolute atomic E-state index is 12.6. The highest BCUT2D eigenvalue weighted by Crippen LogP contribution is 2.25. The summed E-state index contributed by atoms with van der Waals surface area (Å²) in [6.07, 6.45) is 0. The van der Waals surface area contributed by atoms with Crippen LogP contribution < -0.4 is 10.5 Å². The van der Waals surface area contributed by atoms with Crippen LogP contribution in [0.2, 0.25) is 0 Å². The van der Waals surface area contributed by atoms with Crippen LogP contribution in [0.1, 0.15) is 28.4 Å². The van der Waals surface area contributed by atoms with Gasteiger partial charge < -0.3 is 10.5 Å². The van der Waals surface area contributed by atoms with Crippen LogP contribution >= 0.6 is 0 Å². The van der Waals surface area contributed by atoms with Gasteiger partial charge in [0.05, 0.1) is 5.56 Å². The largest absolute Gasteiger partial charge is 0.426 e. The molecule has 106 valence electrons. The van der Waals surface area contributed by atoms with Crippen molar-refractivity contribution >= 4 is 17.6 Å². The minimum Gasteiger partial charge on any atom is -0.426 e. The molecule has 0 unspecified atom stereocenters. The van der Waals surface area contributed by atoms with Gasteiger partial charge in [0.15, 0.2) is 5.78 Å². The van der Waals surface area contributed by atoms with E-state index in [0.29, 0.717) is 5.56 Å². The number of ketones is 1. The summed E-state index contributed by atoms with van der Waals surface area (Å²) < 4.78 is 5.07. The molecular weight excluding hydrogens is 268 g/mol. The third-order valence-electron chi connectivity index (χ3n) is 2.83. The van der Waals surface area contributed by atoms with Gasteiger partial charge in [0.2, 0.25) is 0 Å². The fraction of sp³-hybridized carbons (Fsp3) is 0.0625. The Morgan fingerprint density at radius 1 is 1.05 bits per heavy atom. The van der Waals surface area contributed by atoms with E-state index in [1.54, 1.807) is 42.5 Å². The lowest BCUT2D eigenvalue weighted by Gasteiger charge is -2.12. The Hall–Kier alpha value is -2.95. The first kappa shape index (κ1) is 14.5. The minimum absolute atomic E-state index is 0.101. The molecule has 0 saturated heterocycles. The van der Waals surface area contributed by atoms with E-state index in [2.05, 4.69) is 0 Å². The second kappa shape index (κ2) is 6.00. The minimum atomic E-state index is -0.544. The fourth-order valence-corrected chi connectivity index (χ4v) is 1.96. The zero-order valence-corrected chi connectivity index (χ0v) is 11.4. The molecule has 2 aromatic carbocycles. The molecule has 0 aliphatic heterocycles. The second-order valence-corrected chi connectivity index (χ2v) is 4.38. The highest BCUT2D eigenvalue weighted by atomic mass is 16.5. The van der Waals surface area contributed by atoms with E-state index in [9.17, 15) is 9.59 Å². The molecule has 0 aromatic heterocycles. The number of benzene rings is 2. The lowest BCUT2D eigenvalue weighted by Crippen LogP contribution is -2.18. The zero-order valence-electron chi connectivity index (χ0n) is 11.4. The van der Waals surface area contributed by atoms with Crippen molar-refractivity contribution in [3.8, 4) is 5.75 Å². The first-order valence-corrected chi connectivity index (χ1v) is 6.26. The van der Waals surface area contributed by atoms with Gasteiger partial charge in [-0.1, -0.05) is 42.5 Å². The van der Waals surface area contributed by atoms with Crippen LogP contribution in [0.5, 0.6) is 5.75 Å². The van der Waals surface area contributed by atoms with Crippen LogP contribution in [-0.2, 0) is 4.79 Å². The normalized spacial score (nSPS) is 9.95. The average Bonchev–Trinajstić information content (AvgIpc) is 2.46. The highest BCUT2D eigenvalue weighted by molar-refractivity contribution is 6.17. The van der Waals surface area contributed by atoms with E-state index in [1.807, 2.05) is 0 Å². The molecular formula is C16H14N2O3. The van der Waals surface area contributed by atoms with Crippen molar-refractivity contribution in [2.45, 2.75) is 6.92 Å². The SMILES string of the molecule is CC(=O)Oc1cccc(C(=N)N)c1C(=O)c1ccccc1. The van der Waals surface area contributed by atoms with E-state index in [0.717, 1.165) is 0 Å². The maximum atomic E-state index is 12.6. The Morgan fingerprint density at radius 2 is 1.71 bits per heavy atom. The average molecular weight is 282 g/mol. The number of hydrogen-bond donors (Lipinski definition) is 2. The molecule has 5 nitrogen and oxygen atoms in total. The van der Waals surface area contributed by atoms with E-state index in [4.69, 9.17) is 15.9 Å². The Morgan fingerprint density at radius 3 is 2.29 bits per heavy atom. The molecule has 21 heavy (non-hydrogen) atoms. The summed E-state index contributed by atoms with van der Waals surface area (Å²) in [5.74, 6) is -1.05. The fourth-order valence-electron chi connectivity index (χ4n) is 1.96. The first-order valence-electron chi connectivity index (χ1n) is 6.26. The number of rotatable bonds is 4. The van der Waals surface area contributed by atoms with Gasteiger partial charge in [-0.3, -0.25) is 15.0 Å². The highest BCUT2D eigenvalue weighted by Gasteiger charge is 2.21. The van der Waals surface area contributed by atoms with Crippen LogP contribution in [0.15, 0.2) is 48.5 Å². The molecule has 0 heterocycles. The zero-order chi connectivity index (χ0) is 15.4. The van der Waals surface area contributed by atoms with Crippen LogP contribution in [0.4, 0.5) is 0 Å². The molecule has 0 saturated carbocycles. The number of carbonyl (C=O) groups is 2. The Labute approximate surface area is 121 Å². The molecule has 0 spiro atoms. The van der Waals surface area contributed by atoms with Crippen molar-refractivity contribution < 1.29 is 14.3 Å². The number of carbonyl (C=O) groups excluding carboxylic acids is 2. The lowest BCUT2D eigenvalue weighted by molar-refractivity contribution is -0.131. The quantitative estimate of drug-likeness (QED) is 0.295. The van der Waals surface area contributed by atoms with Crippen molar-refractivity contribution in [3.63, 3.8) is 0 Å². The topological polar surface area (TPSA) is 93.2 Å². The van der Waals surface area contributed by atoms with E-state index in [-0.39, 0.29) is 28.5 Å². The molecule has 0 atom stereocenters.